The monoisotopic (exact) mass is 360 g/mol. The molecule has 3 rings (SSSR count). The molecule has 0 bridgehead atoms. The lowest BCUT2D eigenvalue weighted by Gasteiger charge is -2.32. The minimum Gasteiger partial charge on any atom is -0.324 e. The third-order valence-corrected chi connectivity index (χ3v) is 4.43. The zero-order valence-corrected chi connectivity index (χ0v) is 14.4. The number of halogens is 2. The predicted molar refractivity (Wildman–Crippen MR) is 95.5 cm³/mol. The Balaban J connectivity index is 2.01. The van der Waals surface area contributed by atoms with Gasteiger partial charge < -0.3 is 4.90 Å². The molecule has 1 saturated heterocycles. The molecule has 0 aromatic heterocycles. The highest BCUT2D eigenvalue weighted by atomic mass is 35.5. The highest BCUT2D eigenvalue weighted by molar-refractivity contribution is 6.31. The number of hydrogen-bond acceptors (Lipinski definition) is 2. The van der Waals surface area contributed by atoms with E-state index in [4.69, 9.17) is 11.6 Å². The molecule has 25 heavy (non-hydrogen) atoms. The molecule has 1 aliphatic rings. The van der Waals surface area contributed by atoms with E-state index in [1.807, 2.05) is 0 Å². The van der Waals surface area contributed by atoms with E-state index in [1.54, 1.807) is 29.2 Å². The number of carbonyl (C=O) groups excluding carboxylic acids is 2. The van der Waals surface area contributed by atoms with Gasteiger partial charge in [-0.1, -0.05) is 29.8 Å². The number of carbonyl (C=O) groups is 2. The summed E-state index contributed by atoms with van der Waals surface area (Å²) in [6.45, 7) is 1.17. The summed E-state index contributed by atoms with van der Waals surface area (Å²) in [7, 11) is 0. The van der Waals surface area contributed by atoms with E-state index in [0.29, 0.717) is 23.8 Å². The summed E-state index contributed by atoms with van der Waals surface area (Å²) in [5, 5.41) is 0.398. The second-order valence-corrected chi connectivity index (χ2v) is 6.37. The molecule has 130 valence electrons. The van der Waals surface area contributed by atoms with Gasteiger partial charge >= 0.3 is 6.03 Å². The number of urea groups is 1. The van der Waals surface area contributed by atoms with Crippen LogP contribution in [0.4, 0.5) is 14.9 Å². The first-order chi connectivity index (χ1) is 12.1. The van der Waals surface area contributed by atoms with Crippen molar-refractivity contribution in [2.75, 3.05) is 18.0 Å². The molecule has 2 aromatic rings. The molecule has 1 fully saturated rings. The Hall–Kier alpha value is -2.40. The molecule has 0 spiro atoms. The quantitative estimate of drug-likeness (QED) is 0.776. The highest BCUT2D eigenvalue weighted by Crippen LogP contribution is 2.25. The van der Waals surface area contributed by atoms with Gasteiger partial charge in [0, 0.05) is 18.1 Å². The van der Waals surface area contributed by atoms with Gasteiger partial charge in [0.2, 0.25) is 0 Å². The highest BCUT2D eigenvalue weighted by Gasteiger charge is 2.31. The normalized spacial score (nSPS) is 14.2. The van der Waals surface area contributed by atoms with Crippen LogP contribution in [0.15, 0.2) is 48.5 Å². The summed E-state index contributed by atoms with van der Waals surface area (Å²) in [6, 6.07) is 11.7. The molecule has 0 atom stereocenters. The first-order valence-electron chi connectivity index (χ1n) is 8.21. The molecule has 0 N–H and O–H groups in total. The Morgan fingerprint density at radius 1 is 1.00 bits per heavy atom. The zero-order valence-electron chi connectivity index (χ0n) is 13.6. The van der Waals surface area contributed by atoms with E-state index in [0.717, 1.165) is 24.2 Å². The molecule has 1 aliphatic heterocycles. The smallest absolute Gasteiger partial charge is 0.324 e. The number of hydrogen-bond donors (Lipinski definition) is 0. The summed E-state index contributed by atoms with van der Waals surface area (Å²) in [4.78, 5) is 28.6. The number of likely N-dealkylation sites (tertiary alicyclic amines) is 1. The average molecular weight is 361 g/mol. The lowest BCUT2D eigenvalue weighted by molar-refractivity contribution is 0.0979. The van der Waals surface area contributed by atoms with Gasteiger partial charge in [0.05, 0.1) is 11.3 Å². The van der Waals surface area contributed by atoms with Crippen molar-refractivity contribution in [2.24, 2.45) is 0 Å². The molecule has 3 amide bonds. The summed E-state index contributed by atoms with van der Waals surface area (Å²) < 4.78 is 14.1. The molecular weight excluding hydrogens is 343 g/mol. The van der Waals surface area contributed by atoms with Crippen LogP contribution in [-0.2, 0) is 0 Å². The SMILES string of the molecule is O=C(c1ccccc1F)N(C(=O)N1CCCCC1)c1cccc(Cl)c1. The van der Waals surface area contributed by atoms with Crippen LogP contribution in [0, 0.1) is 5.82 Å². The van der Waals surface area contributed by atoms with Gasteiger partial charge in [0.25, 0.3) is 5.91 Å². The average Bonchev–Trinajstić information content (AvgIpc) is 2.63. The number of benzene rings is 2. The van der Waals surface area contributed by atoms with E-state index >= 15 is 0 Å². The van der Waals surface area contributed by atoms with Crippen LogP contribution in [-0.4, -0.2) is 29.9 Å². The van der Waals surface area contributed by atoms with Crippen molar-refractivity contribution in [2.45, 2.75) is 19.3 Å². The minimum atomic E-state index is -0.698. The van der Waals surface area contributed by atoms with Crippen molar-refractivity contribution >= 4 is 29.2 Å². The number of imide groups is 1. The molecule has 1 heterocycles. The van der Waals surface area contributed by atoms with Crippen molar-refractivity contribution in [3.05, 3.63) is 64.9 Å². The van der Waals surface area contributed by atoms with Crippen molar-refractivity contribution in [3.63, 3.8) is 0 Å². The van der Waals surface area contributed by atoms with Crippen LogP contribution in [0.3, 0.4) is 0 Å². The fourth-order valence-electron chi connectivity index (χ4n) is 2.91. The second-order valence-electron chi connectivity index (χ2n) is 5.93. The molecular formula is C19H18ClFN2O2. The Kier molecular flexibility index (Phi) is 5.34. The molecule has 0 saturated carbocycles. The Morgan fingerprint density at radius 3 is 2.40 bits per heavy atom. The van der Waals surface area contributed by atoms with E-state index in [1.165, 1.54) is 24.3 Å². The van der Waals surface area contributed by atoms with E-state index < -0.39 is 17.8 Å². The lowest BCUT2D eigenvalue weighted by Crippen LogP contribution is -2.48. The van der Waals surface area contributed by atoms with Crippen LogP contribution in [0.2, 0.25) is 5.02 Å². The fourth-order valence-corrected chi connectivity index (χ4v) is 3.10. The summed E-state index contributed by atoms with van der Waals surface area (Å²) in [6.07, 6.45) is 2.84. The van der Waals surface area contributed by atoms with Crippen LogP contribution < -0.4 is 4.90 Å². The molecule has 0 unspecified atom stereocenters. The summed E-state index contributed by atoms with van der Waals surface area (Å²) in [5.74, 6) is -1.36. The first-order valence-corrected chi connectivity index (χ1v) is 8.59. The van der Waals surface area contributed by atoms with Gasteiger partial charge in [-0.2, -0.15) is 0 Å². The van der Waals surface area contributed by atoms with Crippen LogP contribution in [0.5, 0.6) is 0 Å². The van der Waals surface area contributed by atoms with Crippen LogP contribution in [0.1, 0.15) is 29.6 Å². The maximum absolute atomic E-state index is 14.1. The number of piperidine rings is 1. The topological polar surface area (TPSA) is 40.6 Å². The maximum atomic E-state index is 14.1. The summed E-state index contributed by atoms with van der Waals surface area (Å²) >= 11 is 6.02. The minimum absolute atomic E-state index is 0.146. The van der Waals surface area contributed by atoms with E-state index in [9.17, 15) is 14.0 Å². The molecule has 6 heteroatoms. The Bertz CT molecular complexity index is 790. The maximum Gasteiger partial charge on any atom is 0.331 e. The van der Waals surface area contributed by atoms with Crippen LogP contribution in [0.25, 0.3) is 0 Å². The Labute approximate surface area is 150 Å². The van der Waals surface area contributed by atoms with E-state index in [-0.39, 0.29) is 5.56 Å². The third kappa shape index (κ3) is 3.82. The van der Waals surface area contributed by atoms with Gasteiger partial charge in [-0.15, -0.1) is 0 Å². The third-order valence-electron chi connectivity index (χ3n) is 4.19. The van der Waals surface area contributed by atoms with Crippen molar-refractivity contribution in [3.8, 4) is 0 Å². The van der Waals surface area contributed by atoms with Crippen LogP contribution >= 0.6 is 11.6 Å². The first kappa shape index (κ1) is 17.4. The Morgan fingerprint density at radius 2 is 1.72 bits per heavy atom. The number of anilines is 1. The zero-order chi connectivity index (χ0) is 17.8. The van der Waals surface area contributed by atoms with Gasteiger partial charge in [-0.25, -0.2) is 14.1 Å². The van der Waals surface area contributed by atoms with Gasteiger partial charge in [-0.05, 0) is 49.6 Å². The van der Waals surface area contributed by atoms with Gasteiger partial charge in [-0.3, -0.25) is 4.79 Å². The van der Waals surface area contributed by atoms with Gasteiger partial charge in [0.15, 0.2) is 0 Å². The van der Waals surface area contributed by atoms with Gasteiger partial charge in [0.1, 0.15) is 5.82 Å². The fraction of sp³-hybridized carbons (Fsp3) is 0.263. The van der Waals surface area contributed by atoms with E-state index in [2.05, 4.69) is 0 Å². The second kappa shape index (κ2) is 7.66. The number of rotatable bonds is 2. The van der Waals surface area contributed by atoms with Crippen molar-refractivity contribution < 1.29 is 14.0 Å². The number of amides is 3. The molecule has 0 aliphatic carbocycles. The van der Waals surface area contributed by atoms with Crippen molar-refractivity contribution in [1.29, 1.82) is 0 Å². The van der Waals surface area contributed by atoms with Crippen molar-refractivity contribution in [1.82, 2.24) is 4.90 Å². The largest absolute Gasteiger partial charge is 0.331 e. The number of nitrogens with zero attached hydrogens (tertiary/aromatic N) is 2. The predicted octanol–water partition coefficient (Wildman–Crippen LogP) is 4.73. The molecule has 0 radical (unpaired) electrons. The lowest BCUT2D eigenvalue weighted by atomic mass is 10.1. The summed E-state index contributed by atoms with van der Waals surface area (Å²) in [5.41, 5.74) is 0.184. The molecule has 4 nitrogen and oxygen atoms in total. The standard InChI is InChI=1S/C19H18ClFN2O2/c20-14-7-6-8-15(13-14)23(19(25)22-11-4-1-5-12-22)18(24)16-9-2-3-10-17(16)21/h2-3,6-10,13H,1,4-5,11-12H2. The molecule has 2 aromatic carbocycles.